The van der Waals surface area contributed by atoms with Crippen LogP contribution in [0.5, 0.6) is 0 Å². The zero-order valence-corrected chi connectivity index (χ0v) is 19.8. The highest BCUT2D eigenvalue weighted by molar-refractivity contribution is 7.99. The first-order valence-electron chi connectivity index (χ1n) is 10.4. The second-order valence-corrected chi connectivity index (χ2v) is 8.95. The van der Waals surface area contributed by atoms with E-state index in [-0.39, 0.29) is 11.7 Å². The zero-order valence-electron chi connectivity index (χ0n) is 18.2. The van der Waals surface area contributed by atoms with Crippen molar-refractivity contribution in [1.82, 2.24) is 24.7 Å². The SMILES string of the molecule is CCc1cccc(CC)c1-n1c(SCC(=O)Nc2nc(C)cs2)nnc1-c1cccnc1. The lowest BCUT2D eigenvalue weighted by atomic mass is 10.0. The molecule has 3 heterocycles. The summed E-state index contributed by atoms with van der Waals surface area (Å²) in [7, 11) is 0. The number of carbonyl (C=O) groups is 1. The fraction of sp³-hybridized carbons (Fsp3) is 0.261. The summed E-state index contributed by atoms with van der Waals surface area (Å²) in [6, 6.07) is 10.2. The first kappa shape index (κ1) is 22.2. The number of anilines is 1. The van der Waals surface area contributed by atoms with E-state index in [9.17, 15) is 4.79 Å². The van der Waals surface area contributed by atoms with Crippen molar-refractivity contribution in [2.24, 2.45) is 0 Å². The maximum Gasteiger partial charge on any atom is 0.236 e. The highest BCUT2D eigenvalue weighted by atomic mass is 32.2. The van der Waals surface area contributed by atoms with Gasteiger partial charge in [-0.1, -0.05) is 43.8 Å². The average Bonchev–Trinajstić information content (AvgIpc) is 3.43. The molecule has 0 aliphatic carbocycles. The van der Waals surface area contributed by atoms with Crippen molar-refractivity contribution in [3.05, 3.63) is 64.9 Å². The Labute approximate surface area is 195 Å². The lowest BCUT2D eigenvalue weighted by Crippen LogP contribution is -2.15. The van der Waals surface area contributed by atoms with Gasteiger partial charge in [-0.2, -0.15) is 0 Å². The topological polar surface area (TPSA) is 85.6 Å². The minimum atomic E-state index is -0.124. The number of hydrogen-bond acceptors (Lipinski definition) is 7. The van der Waals surface area contributed by atoms with Gasteiger partial charge in [0.2, 0.25) is 5.91 Å². The van der Waals surface area contributed by atoms with Gasteiger partial charge in [-0.15, -0.1) is 21.5 Å². The van der Waals surface area contributed by atoms with Crippen LogP contribution in [0.1, 0.15) is 30.7 Å². The van der Waals surface area contributed by atoms with Crippen molar-refractivity contribution >= 4 is 34.1 Å². The van der Waals surface area contributed by atoms with Crippen molar-refractivity contribution in [2.75, 3.05) is 11.1 Å². The van der Waals surface area contributed by atoms with E-state index in [2.05, 4.69) is 62.1 Å². The predicted molar refractivity (Wildman–Crippen MR) is 130 cm³/mol. The minimum Gasteiger partial charge on any atom is -0.301 e. The molecular weight excluding hydrogens is 440 g/mol. The van der Waals surface area contributed by atoms with Gasteiger partial charge in [-0.05, 0) is 43.0 Å². The molecule has 0 spiro atoms. The lowest BCUT2D eigenvalue weighted by Gasteiger charge is -2.17. The molecule has 0 radical (unpaired) electrons. The molecule has 32 heavy (non-hydrogen) atoms. The molecule has 9 heteroatoms. The van der Waals surface area contributed by atoms with Gasteiger partial charge in [0, 0.05) is 23.3 Å². The Balaban J connectivity index is 1.71. The second-order valence-electron chi connectivity index (χ2n) is 7.15. The molecule has 0 aliphatic rings. The summed E-state index contributed by atoms with van der Waals surface area (Å²) in [4.78, 5) is 21.1. The largest absolute Gasteiger partial charge is 0.301 e. The first-order valence-corrected chi connectivity index (χ1v) is 12.3. The fourth-order valence-corrected chi connectivity index (χ4v) is 4.89. The van der Waals surface area contributed by atoms with Crippen LogP contribution in [0.2, 0.25) is 0 Å². The molecule has 3 aromatic heterocycles. The number of hydrogen-bond donors (Lipinski definition) is 1. The highest BCUT2D eigenvalue weighted by Gasteiger charge is 2.21. The minimum absolute atomic E-state index is 0.124. The molecular formula is C23H24N6OS2. The molecule has 1 N–H and O–H groups in total. The number of rotatable bonds is 8. The van der Waals surface area contributed by atoms with Crippen LogP contribution in [-0.2, 0) is 17.6 Å². The molecule has 0 unspecified atom stereocenters. The van der Waals surface area contributed by atoms with Crippen LogP contribution in [0.15, 0.2) is 53.3 Å². The summed E-state index contributed by atoms with van der Waals surface area (Å²) < 4.78 is 2.07. The fourth-order valence-electron chi connectivity index (χ4n) is 3.45. The van der Waals surface area contributed by atoms with Crippen molar-refractivity contribution in [3.63, 3.8) is 0 Å². The van der Waals surface area contributed by atoms with Gasteiger partial charge in [0.15, 0.2) is 16.1 Å². The molecule has 4 rings (SSSR count). The molecule has 0 aliphatic heterocycles. The van der Waals surface area contributed by atoms with Gasteiger partial charge < -0.3 is 5.32 Å². The van der Waals surface area contributed by atoms with E-state index >= 15 is 0 Å². The van der Waals surface area contributed by atoms with Crippen LogP contribution in [0.4, 0.5) is 5.13 Å². The van der Waals surface area contributed by atoms with Crippen LogP contribution in [0, 0.1) is 6.92 Å². The summed E-state index contributed by atoms with van der Waals surface area (Å²) in [6.07, 6.45) is 5.28. The quantitative estimate of drug-likeness (QED) is 0.371. The summed E-state index contributed by atoms with van der Waals surface area (Å²) in [5, 5.41) is 15.0. The monoisotopic (exact) mass is 464 g/mol. The molecule has 0 bridgehead atoms. The normalized spacial score (nSPS) is 11.0. The van der Waals surface area contributed by atoms with Gasteiger partial charge in [0.05, 0.1) is 17.1 Å². The predicted octanol–water partition coefficient (Wildman–Crippen LogP) is 4.95. The maximum atomic E-state index is 12.5. The van der Waals surface area contributed by atoms with Crippen LogP contribution >= 0.6 is 23.1 Å². The second kappa shape index (κ2) is 10.1. The third-order valence-electron chi connectivity index (χ3n) is 4.94. The van der Waals surface area contributed by atoms with Gasteiger partial charge >= 0.3 is 0 Å². The van der Waals surface area contributed by atoms with Crippen LogP contribution in [-0.4, -0.2) is 36.4 Å². The molecule has 0 atom stereocenters. The smallest absolute Gasteiger partial charge is 0.236 e. The Morgan fingerprint density at radius 2 is 1.91 bits per heavy atom. The number of aryl methyl sites for hydroxylation is 3. The number of benzene rings is 1. The van der Waals surface area contributed by atoms with Gasteiger partial charge in [-0.25, -0.2) is 4.98 Å². The molecule has 1 amide bonds. The van der Waals surface area contributed by atoms with E-state index in [4.69, 9.17) is 0 Å². The zero-order chi connectivity index (χ0) is 22.5. The van der Waals surface area contributed by atoms with E-state index in [0.717, 1.165) is 29.8 Å². The molecule has 1 aromatic carbocycles. The standard InChI is InChI=1S/C23H24N6OS2/c1-4-16-8-6-9-17(5-2)20(16)29-21(18-10-7-11-24-12-18)27-28-23(29)32-14-19(30)26-22-25-15(3)13-31-22/h6-13H,4-5,14H2,1-3H3,(H,25,26,30). The summed E-state index contributed by atoms with van der Waals surface area (Å²) in [6.45, 7) is 6.19. The number of amides is 1. The lowest BCUT2D eigenvalue weighted by molar-refractivity contribution is -0.113. The van der Waals surface area contributed by atoms with Gasteiger partial charge in [0.1, 0.15) is 0 Å². The maximum absolute atomic E-state index is 12.5. The van der Waals surface area contributed by atoms with Crippen molar-refractivity contribution < 1.29 is 4.79 Å². The van der Waals surface area contributed by atoms with Crippen molar-refractivity contribution in [2.45, 2.75) is 38.8 Å². The summed E-state index contributed by atoms with van der Waals surface area (Å²) in [5.41, 5.74) is 5.27. The van der Waals surface area contributed by atoms with E-state index in [1.807, 2.05) is 24.4 Å². The van der Waals surface area contributed by atoms with E-state index in [1.54, 1.807) is 12.4 Å². The van der Waals surface area contributed by atoms with E-state index in [0.29, 0.717) is 16.1 Å². The summed E-state index contributed by atoms with van der Waals surface area (Å²) >= 11 is 2.78. The Morgan fingerprint density at radius 3 is 2.53 bits per heavy atom. The highest BCUT2D eigenvalue weighted by Crippen LogP contribution is 2.32. The summed E-state index contributed by atoms with van der Waals surface area (Å²) in [5.74, 6) is 0.799. The Kier molecular flexibility index (Phi) is 6.96. The number of nitrogens with zero attached hydrogens (tertiary/aromatic N) is 5. The van der Waals surface area contributed by atoms with E-state index < -0.39 is 0 Å². The number of pyridine rings is 1. The van der Waals surface area contributed by atoms with E-state index in [1.165, 1.54) is 34.2 Å². The van der Waals surface area contributed by atoms with Crippen LogP contribution < -0.4 is 5.32 Å². The Hall–Kier alpha value is -3.04. The number of aromatic nitrogens is 5. The Bertz CT molecular complexity index is 1200. The molecule has 0 fully saturated rings. The molecule has 0 saturated carbocycles. The molecule has 4 aromatic rings. The Morgan fingerprint density at radius 1 is 1.12 bits per heavy atom. The average molecular weight is 465 g/mol. The van der Waals surface area contributed by atoms with Crippen LogP contribution in [0.25, 0.3) is 17.1 Å². The molecule has 7 nitrogen and oxygen atoms in total. The molecule has 164 valence electrons. The van der Waals surface area contributed by atoms with Crippen molar-refractivity contribution in [3.8, 4) is 17.1 Å². The van der Waals surface area contributed by atoms with Crippen LogP contribution in [0.3, 0.4) is 0 Å². The first-order chi connectivity index (χ1) is 15.6. The number of thiazole rings is 1. The third kappa shape index (κ3) is 4.73. The third-order valence-corrected chi connectivity index (χ3v) is 6.74. The van der Waals surface area contributed by atoms with Gasteiger partial charge in [0.25, 0.3) is 0 Å². The number of nitrogens with one attached hydrogen (secondary N) is 1. The number of carbonyl (C=O) groups excluding carboxylic acids is 1. The number of para-hydroxylation sites is 1. The van der Waals surface area contributed by atoms with Crippen molar-refractivity contribution in [1.29, 1.82) is 0 Å². The number of thioether (sulfide) groups is 1. The molecule has 0 saturated heterocycles. The van der Waals surface area contributed by atoms with Gasteiger partial charge in [-0.3, -0.25) is 14.3 Å².